The molecule has 13 nitrogen and oxygen atoms in total. The molecule has 5 atom stereocenters. The molecule has 0 aromatic carbocycles. The summed E-state index contributed by atoms with van der Waals surface area (Å²) in [6.45, 7) is 16.2. The van der Waals surface area contributed by atoms with Gasteiger partial charge in [-0.1, -0.05) is 44.6 Å². The van der Waals surface area contributed by atoms with Crippen LogP contribution in [-0.4, -0.2) is 108 Å². The summed E-state index contributed by atoms with van der Waals surface area (Å²) in [6.07, 6.45) is 5.43. The molecule has 2 rings (SSSR count). The van der Waals surface area contributed by atoms with Gasteiger partial charge in [0.05, 0.1) is 19.3 Å². The number of alkyl carbamates (subject to hydrolysis) is 1. The zero-order valence-corrected chi connectivity index (χ0v) is 31.3. The number of hydrogen-bond acceptors (Lipinski definition) is 10. The number of carbonyl (C=O) groups excluding carboxylic acids is 6. The summed E-state index contributed by atoms with van der Waals surface area (Å²) in [4.78, 5) is 78.9. The number of nitrogens with zero attached hydrogens (tertiary/aromatic N) is 2. The molecule has 1 saturated heterocycles. The monoisotopic (exact) mass is 695 g/mol. The van der Waals surface area contributed by atoms with Crippen molar-refractivity contribution in [2.75, 3.05) is 19.8 Å². The lowest BCUT2D eigenvalue weighted by molar-refractivity contribution is -0.162. The molecule has 2 fully saturated rings. The Labute approximate surface area is 286 Å². The van der Waals surface area contributed by atoms with Gasteiger partial charge in [-0.25, -0.2) is 14.4 Å². The van der Waals surface area contributed by atoms with Crippen LogP contribution >= 0.6 is 0 Å². The van der Waals surface area contributed by atoms with E-state index in [-0.39, 0.29) is 38.5 Å². The highest BCUT2D eigenvalue weighted by Crippen LogP contribution is 2.51. The molecule has 1 heterocycles. The van der Waals surface area contributed by atoms with Gasteiger partial charge in [0.1, 0.15) is 17.7 Å². The predicted molar refractivity (Wildman–Crippen MR) is 181 cm³/mol. The number of amides is 4. The van der Waals surface area contributed by atoms with Crippen LogP contribution in [0.4, 0.5) is 4.79 Å². The van der Waals surface area contributed by atoms with Gasteiger partial charge in [-0.3, -0.25) is 19.3 Å². The van der Waals surface area contributed by atoms with E-state index in [2.05, 4.69) is 25.0 Å². The molecule has 1 aliphatic heterocycles. The van der Waals surface area contributed by atoms with Crippen LogP contribution in [0, 0.1) is 5.92 Å². The molecule has 2 N–H and O–H groups in total. The summed E-state index contributed by atoms with van der Waals surface area (Å²) in [5.74, 6) is -2.98. The Balaban J connectivity index is 2.02. The number of hydrogen-bond donors (Lipinski definition) is 2. The molecule has 272 valence electrons. The van der Waals surface area contributed by atoms with E-state index in [1.807, 2.05) is 12.2 Å². The lowest BCUT2D eigenvalue weighted by Crippen LogP contribution is -2.52. The summed E-state index contributed by atoms with van der Waals surface area (Å²) < 4.78 is 16.1. The highest BCUT2D eigenvalue weighted by atomic mass is 28.3. The Morgan fingerprint density at radius 3 is 2.25 bits per heavy atom. The number of rotatable bonds is 16. The molecular formula is C34H57N3O10Si. The molecule has 48 heavy (non-hydrogen) atoms. The van der Waals surface area contributed by atoms with Gasteiger partial charge >= 0.3 is 18.0 Å². The molecule has 0 unspecified atom stereocenters. The minimum absolute atomic E-state index is 0.0386. The fourth-order valence-electron chi connectivity index (χ4n) is 5.92. The molecular weight excluding hydrogens is 638 g/mol. The van der Waals surface area contributed by atoms with Crippen LogP contribution < -0.4 is 5.32 Å². The normalized spacial score (nSPS) is 23.0. The second-order valence-electron chi connectivity index (χ2n) is 15.0. The molecule has 4 amide bonds. The summed E-state index contributed by atoms with van der Waals surface area (Å²) in [5.41, 5.74) is -2.10. The van der Waals surface area contributed by atoms with Crippen molar-refractivity contribution in [1.29, 1.82) is 0 Å². The van der Waals surface area contributed by atoms with Crippen LogP contribution in [0.5, 0.6) is 0 Å². The van der Waals surface area contributed by atoms with Crippen molar-refractivity contribution in [1.82, 2.24) is 15.1 Å². The van der Waals surface area contributed by atoms with Crippen molar-refractivity contribution >= 4 is 43.8 Å². The number of imide groups is 1. The number of aliphatic hydroxyl groups excluding tert-OH is 1. The Morgan fingerprint density at radius 2 is 1.69 bits per heavy atom. The third-order valence-electron chi connectivity index (χ3n) is 8.29. The zero-order chi connectivity index (χ0) is 36.4. The summed E-state index contributed by atoms with van der Waals surface area (Å²) in [5, 5.41) is 13.1. The number of nitrogens with one attached hydrogen (secondary N) is 1. The van der Waals surface area contributed by atoms with Gasteiger partial charge in [-0.2, -0.15) is 0 Å². The highest BCUT2D eigenvalue weighted by molar-refractivity contribution is 6.76. The lowest BCUT2D eigenvalue weighted by atomic mass is 10.0. The van der Waals surface area contributed by atoms with E-state index in [9.17, 15) is 33.9 Å². The van der Waals surface area contributed by atoms with E-state index in [4.69, 9.17) is 14.2 Å². The number of β-amino-alcohol motifs (C(OH)–C–C–N with tert-alkyl or cyclic N) is 1. The largest absolute Gasteiger partial charge is 0.464 e. The molecule has 0 radical (unpaired) electrons. The number of esters is 2. The van der Waals surface area contributed by atoms with Crippen molar-refractivity contribution < 1.29 is 48.1 Å². The molecule has 2 aliphatic rings. The van der Waals surface area contributed by atoms with E-state index in [0.717, 1.165) is 17.4 Å². The first-order chi connectivity index (χ1) is 22.2. The van der Waals surface area contributed by atoms with E-state index in [0.29, 0.717) is 25.7 Å². The Bertz CT molecular complexity index is 1200. The quantitative estimate of drug-likeness (QED) is 0.0793. The second kappa shape index (κ2) is 17.4. The second-order valence-corrected chi connectivity index (χ2v) is 20.6. The third-order valence-corrected chi connectivity index (χ3v) is 10.00. The lowest BCUT2D eigenvalue weighted by Gasteiger charge is -2.29. The van der Waals surface area contributed by atoms with E-state index in [1.54, 1.807) is 27.7 Å². The zero-order valence-electron chi connectivity index (χ0n) is 30.3. The van der Waals surface area contributed by atoms with Crippen molar-refractivity contribution in [3.63, 3.8) is 0 Å². The Hall–Kier alpha value is -3.26. The maximum Gasteiger partial charge on any atom is 0.408 e. The van der Waals surface area contributed by atoms with Crippen molar-refractivity contribution in [2.45, 2.75) is 142 Å². The van der Waals surface area contributed by atoms with Crippen LogP contribution in [0.25, 0.3) is 0 Å². The summed E-state index contributed by atoms with van der Waals surface area (Å²) in [6, 6.07) is -1.13. The maximum absolute atomic E-state index is 13.7. The number of allylic oxidation sites excluding steroid dienone is 1. The number of ether oxygens (including phenoxy) is 3. The van der Waals surface area contributed by atoms with Crippen LogP contribution in [0.15, 0.2) is 12.2 Å². The van der Waals surface area contributed by atoms with Crippen molar-refractivity contribution in [3.05, 3.63) is 12.2 Å². The summed E-state index contributed by atoms with van der Waals surface area (Å²) >= 11 is 0. The highest BCUT2D eigenvalue weighted by Gasteiger charge is 2.66. The van der Waals surface area contributed by atoms with Crippen molar-refractivity contribution in [3.8, 4) is 0 Å². The van der Waals surface area contributed by atoms with E-state index < -0.39 is 73.2 Å². The first-order valence-corrected chi connectivity index (χ1v) is 20.7. The van der Waals surface area contributed by atoms with E-state index in [1.165, 1.54) is 18.7 Å². The molecule has 0 aromatic heterocycles. The van der Waals surface area contributed by atoms with Gasteiger partial charge in [0.15, 0.2) is 5.54 Å². The minimum atomic E-state index is -1.45. The Morgan fingerprint density at radius 1 is 1.04 bits per heavy atom. The SMILES string of the molecule is CCOC(=O)[C@@]1(N(C(C)=O)C(C)=O)C[C@H]1/C=C\CCCCC[C@H](NC(=O)OC(C)(C)C)C(=O)N1C[C@H](O)C[C@H]1C(=O)OCC[Si](C)(C)C. The Kier molecular flexibility index (Phi) is 14.8. The molecule has 0 spiro atoms. The number of aliphatic hydroxyl groups is 1. The molecule has 14 heteroatoms. The van der Waals surface area contributed by atoms with Gasteiger partial charge in [-0.05, 0) is 59.4 Å². The predicted octanol–water partition coefficient (Wildman–Crippen LogP) is 3.95. The van der Waals surface area contributed by atoms with Crippen LogP contribution in [-0.2, 0) is 38.2 Å². The van der Waals surface area contributed by atoms with E-state index >= 15 is 0 Å². The first kappa shape index (κ1) is 40.9. The van der Waals surface area contributed by atoms with Crippen LogP contribution in [0.1, 0.15) is 86.5 Å². The van der Waals surface area contributed by atoms with Crippen molar-refractivity contribution in [2.24, 2.45) is 5.92 Å². The molecule has 0 bridgehead atoms. The first-order valence-electron chi connectivity index (χ1n) is 17.0. The summed E-state index contributed by atoms with van der Waals surface area (Å²) in [7, 11) is -1.45. The topological polar surface area (TPSA) is 169 Å². The van der Waals surface area contributed by atoms with Gasteiger partial charge in [0.25, 0.3) is 0 Å². The van der Waals surface area contributed by atoms with Crippen LogP contribution in [0.3, 0.4) is 0 Å². The standard InChI is InChI=1S/C34H57N3O10Si/c1-10-45-31(43)34(37(23(2)38)24(3)39)21-25(34)16-14-12-11-13-15-17-27(35-32(44)47-33(4,5)6)29(41)36-22-26(40)20-28(36)30(42)46-18-19-48(7,8)9/h14,16,25-28,40H,10-13,15,17-22H2,1-9H3,(H,35,44)/b16-14-/t25-,26-,27+,28+,34-/m1/s1. The molecule has 0 aromatic rings. The average molecular weight is 696 g/mol. The fraction of sp³-hybridized carbons (Fsp3) is 0.765. The minimum Gasteiger partial charge on any atom is -0.464 e. The fourth-order valence-corrected chi connectivity index (χ4v) is 6.63. The maximum atomic E-state index is 13.7. The number of unbranched alkanes of at least 4 members (excludes halogenated alkanes) is 3. The average Bonchev–Trinajstić information content (AvgIpc) is 3.51. The van der Waals surface area contributed by atoms with Gasteiger partial charge in [0, 0.05) is 40.8 Å². The molecule has 1 aliphatic carbocycles. The van der Waals surface area contributed by atoms with Gasteiger partial charge in [-0.15, -0.1) is 0 Å². The number of carbonyl (C=O) groups is 6. The smallest absolute Gasteiger partial charge is 0.408 e. The van der Waals surface area contributed by atoms with Gasteiger partial charge < -0.3 is 29.5 Å². The van der Waals surface area contributed by atoms with Gasteiger partial charge in [0.2, 0.25) is 17.7 Å². The third kappa shape index (κ3) is 12.0. The number of likely N-dealkylation sites (tertiary alicyclic amines) is 1. The van der Waals surface area contributed by atoms with Crippen LogP contribution in [0.2, 0.25) is 25.7 Å². The molecule has 1 saturated carbocycles.